The largest absolute Gasteiger partial charge is 3.00 e. The van der Waals surface area contributed by atoms with E-state index in [-0.39, 0.29) is 17.4 Å². The molecule has 28 heavy (non-hydrogen) atoms. The van der Waals surface area contributed by atoms with Crippen LogP contribution in [0.5, 0.6) is 0 Å². The second-order valence-corrected chi connectivity index (χ2v) is 6.53. The molecule has 0 aliphatic carbocycles. The van der Waals surface area contributed by atoms with Gasteiger partial charge >= 0.3 is 17.4 Å². The van der Waals surface area contributed by atoms with Crippen molar-refractivity contribution in [2.75, 3.05) is 0 Å². The van der Waals surface area contributed by atoms with E-state index in [0.29, 0.717) is 0 Å². The van der Waals surface area contributed by atoms with Crippen molar-refractivity contribution in [1.29, 1.82) is 0 Å². The summed E-state index contributed by atoms with van der Waals surface area (Å²) in [4.78, 5) is 0. The molecule has 0 fully saturated rings. The Morgan fingerprint density at radius 3 is 0.821 bits per heavy atom. The standard InChI is InChI=1S/3C9H11.Cr/c3*1-3-9-7-5-4-6-8(9)2;/h3*4-7H,1,3H2,2H3;/q3*-1;+3. The van der Waals surface area contributed by atoms with Crippen molar-refractivity contribution in [3.8, 4) is 0 Å². The average molecular weight is 410 g/mol. The van der Waals surface area contributed by atoms with Crippen molar-refractivity contribution in [3.63, 3.8) is 0 Å². The molecule has 1 heteroatoms. The van der Waals surface area contributed by atoms with Crippen LogP contribution in [-0.4, -0.2) is 0 Å². The molecule has 0 aromatic heterocycles. The van der Waals surface area contributed by atoms with E-state index >= 15 is 0 Å². The van der Waals surface area contributed by atoms with Gasteiger partial charge in [-0.1, -0.05) is 106 Å². The average Bonchev–Trinajstić information content (AvgIpc) is 2.70. The SMILES string of the molecule is [CH2-]Cc1ccccc1C.[CH2-]Cc1ccccc1C.[CH2-]Cc1ccccc1C.[Cr+3]. The van der Waals surface area contributed by atoms with Crippen molar-refractivity contribution in [2.45, 2.75) is 40.0 Å². The summed E-state index contributed by atoms with van der Waals surface area (Å²) in [6.45, 7) is 17.8. The van der Waals surface area contributed by atoms with E-state index in [1.165, 1.54) is 33.4 Å². The minimum atomic E-state index is 0. The van der Waals surface area contributed by atoms with Crippen LogP contribution in [0.4, 0.5) is 0 Å². The first-order chi connectivity index (χ1) is 13.0. The maximum Gasteiger partial charge on any atom is 3.00 e. The van der Waals surface area contributed by atoms with Gasteiger partial charge in [-0.2, -0.15) is 19.3 Å². The summed E-state index contributed by atoms with van der Waals surface area (Å²) in [5.74, 6) is 0. The number of hydrogen-bond donors (Lipinski definition) is 0. The molecule has 147 valence electrons. The van der Waals surface area contributed by atoms with E-state index in [9.17, 15) is 0 Å². The molecule has 0 spiro atoms. The molecule has 0 bridgehead atoms. The fourth-order valence-corrected chi connectivity index (χ4v) is 2.67. The van der Waals surface area contributed by atoms with Gasteiger partial charge in [0, 0.05) is 0 Å². The van der Waals surface area contributed by atoms with Crippen LogP contribution in [0.1, 0.15) is 33.4 Å². The summed E-state index contributed by atoms with van der Waals surface area (Å²) in [6, 6.07) is 25.0. The van der Waals surface area contributed by atoms with E-state index in [2.05, 4.69) is 96.1 Å². The molecule has 0 N–H and O–H groups in total. The van der Waals surface area contributed by atoms with E-state index in [1.807, 2.05) is 18.2 Å². The van der Waals surface area contributed by atoms with Crippen LogP contribution in [0, 0.1) is 41.5 Å². The van der Waals surface area contributed by atoms with Gasteiger partial charge in [0.1, 0.15) is 0 Å². The molecule has 0 aliphatic rings. The fraction of sp³-hybridized carbons (Fsp3) is 0.222. The molecular weight excluding hydrogens is 376 g/mol. The van der Waals surface area contributed by atoms with Crippen molar-refractivity contribution >= 4 is 0 Å². The molecule has 0 unspecified atom stereocenters. The smallest absolute Gasteiger partial charge is 0.339 e. The third-order valence-electron chi connectivity index (χ3n) is 4.59. The predicted octanol–water partition coefficient (Wildman–Crippen LogP) is 7.11. The maximum atomic E-state index is 3.82. The zero-order chi connectivity index (χ0) is 20.1. The molecule has 3 aromatic carbocycles. The molecule has 0 nitrogen and oxygen atoms in total. The third kappa shape index (κ3) is 9.41. The van der Waals surface area contributed by atoms with Crippen molar-refractivity contribution < 1.29 is 17.4 Å². The summed E-state index contributed by atoms with van der Waals surface area (Å²) >= 11 is 0. The Bertz CT molecular complexity index is 681. The van der Waals surface area contributed by atoms with Crippen molar-refractivity contribution in [1.82, 2.24) is 0 Å². The molecule has 3 aromatic rings. The second-order valence-electron chi connectivity index (χ2n) is 6.53. The van der Waals surface area contributed by atoms with Gasteiger partial charge in [-0.3, -0.25) is 0 Å². The van der Waals surface area contributed by atoms with Crippen LogP contribution in [0.15, 0.2) is 72.8 Å². The summed E-state index contributed by atoms with van der Waals surface area (Å²) in [5.41, 5.74) is 8.06. The number of benzene rings is 3. The first-order valence-electron chi connectivity index (χ1n) is 9.54. The van der Waals surface area contributed by atoms with Gasteiger partial charge in [0.25, 0.3) is 0 Å². The van der Waals surface area contributed by atoms with E-state index in [4.69, 9.17) is 0 Å². The zero-order valence-corrected chi connectivity index (χ0v) is 18.9. The maximum absolute atomic E-state index is 3.82. The molecule has 0 atom stereocenters. The molecule has 0 saturated carbocycles. The Morgan fingerprint density at radius 2 is 0.679 bits per heavy atom. The van der Waals surface area contributed by atoms with E-state index in [0.717, 1.165) is 19.3 Å². The molecule has 0 aliphatic heterocycles. The number of aryl methyl sites for hydroxylation is 3. The van der Waals surface area contributed by atoms with Crippen molar-refractivity contribution in [2.24, 2.45) is 0 Å². The number of hydrogen-bond acceptors (Lipinski definition) is 0. The Labute approximate surface area is 184 Å². The number of rotatable bonds is 3. The van der Waals surface area contributed by atoms with Gasteiger partial charge in [0.05, 0.1) is 0 Å². The van der Waals surface area contributed by atoms with Crippen LogP contribution in [0.3, 0.4) is 0 Å². The van der Waals surface area contributed by atoms with Crippen LogP contribution in [0.2, 0.25) is 0 Å². The Morgan fingerprint density at radius 1 is 0.464 bits per heavy atom. The van der Waals surface area contributed by atoms with E-state index in [1.54, 1.807) is 0 Å². The monoisotopic (exact) mass is 409 g/mol. The van der Waals surface area contributed by atoms with Gasteiger partial charge in [-0.15, -0.1) is 0 Å². The quantitative estimate of drug-likeness (QED) is 0.404. The molecule has 1 radical (unpaired) electrons. The fourth-order valence-electron chi connectivity index (χ4n) is 2.67. The minimum absolute atomic E-state index is 0. The topological polar surface area (TPSA) is 0 Å². The summed E-state index contributed by atoms with van der Waals surface area (Å²) in [5, 5.41) is 0. The first kappa shape index (κ1) is 26.2. The van der Waals surface area contributed by atoms with Gasteiger partial charge in [0.15, 0.2) is 0 Å². The summed E-state index contributed by atoms with van der Waals surface area (Å²) in [7, 11) is 0. The van der Waals surface area contributed by atoms with Crippen LogP contribution >= 0.6 is 0 Å². The Kier molecular flexibility index (Phi) is 14.2. The van der Waals surface area contributed by atoms with Crippen LogP contribution in [-0.2, 0) is 36.6 Å². The summed E-state index contributed by atoms with van der Waals surface area (Å²) in [6.07, 6.45) is 2.69. The molecular formula is C27H33Cr. The zero-order valence-electron chi connectivity index (χ0n) is 17.6. The second kappa shape index (κ2) is 15.2. The van der Waals surface area contributed by atoms with Gasteiger partial charge in [-0.25, -0.2) is 0 Å². The van der Waals surface area contributed by atoms with Gasteiger partial charge in [0.2, 0.25) is 0 Å². The molecule has 0 amide bonds. The minimum Gasteiger partial charge on any atom is -0.339 e. The van der Waals surface area contributed by atoms with E-state index < -0.39 is 0 Å². The Balaban J connectivity index is 0.000000384. The van der Waals surface area contributed by atoms with Gasteiger partial charge < -0.3 is 20.8 Å². The van der Waals surface area contributed by atoms with Crippen LogP contribution < -0.4 is 0 Å². The van der Waals surface area contributed by atoms with Crippen molar-refractivity contribution in [3.05, 3.63) is 127 Å². The molecule has 0 saturated heterocycles. The predicted molar refractivity (Wildman–Crippen MR) is 121 cm³/mol. The van der Waals surface area contributed by atoms with Gasteiger partial charge in [-0.05, 0) is 20.8 Å². The first-order valence-corrected chi connectivity index (χ1v) is 9.54. The Hall–Kier alpha value is -1.81. The normalized spacial score (nSPS) is 9.21. The third-order valence-corrected chi connectivity index (χ3v) is 4.59. The van der Waals surface area contributed by atoms with Crippen LogP contribution in [0.25, 0.3) is 0 Å². The summed E-state index contributed by atoms with van der Waals surface area (Å²) < 4.78 is 0. The molecule has 0 heterocycles. The molecule has 3 rings (SSSR count).